The molecule has 0 saturated carbocycles. The van der Waals surface area contributed by atoms with Gasteiger partial charge in [0.25, 0.3) is 0 Å². The van der Waals surface area contributed by atoms with Crippen molar-refractivity contribution in [3.63, 3.8) is 0 Å². The predicted octanol–water partition coefficient (Wildman–Crippen LogP) is 4.29. The fourth-order valence-corrected chi connectivity index (χ4v) is 2.38. The number of hydrogen-bond acceptors (Lipinski definition) is 3. The minimum absolute atomic E-state index is 0. The Morgan fingerprint density at radius 3 is 2.12 bits per heavy atom. The quantitative estimate of drug-likeness (QED) is 0.499. The molecule has 0 spiro atoms. The zero-order valence-electron chi connectivity index (χ0n) is 15.3. The monoisotopic (exact) mass is 375 g/mol. The molecule has 0 fully saturated rings. The summed E-state index contributed by atoms with van der Waals surface area (Å²) in [6, 6.07) is 8.78. The second-order valence-electron chi connectivity index (χ2n) is 7.07. The number of halogens is 2. The van der Waals surface area contributed by atoms with Gasteiger partial charge in [-0.2, -0.15) is 0 Å². The smallest absolute Gasteiger partial charge is 0.0435 e. The molecule has 1 unspecified atom stereocenters. The van der Waals surface area contributed by atoms with E-state index in [-0.39, 0.29) is 36.3 Å². The van der Waals surface area contributed by atoms with Gasteiger partial charge in [-0.25, -0.2) is 0 Å². The summed E-state index contributed by atoms with van der Waals surface area (Å²) < 4.78 is 0. The van der Waals surface area contributed by atoms with E-state index in [2.05, 4.69) is 50.0 Å². The van der Waals surface area contributed by atoms with Gasteiger partial charge in [-0.1, -0.05) is 57.9 Å². The molecule has 24 heavy (non-hydrogen) atoms. The van der Waals surface area contributed by atoms with Crippen molar-refractivity contribution in [1.29, 1.82) is 0 Å². The SMILES string of the molecule is CC(C)(C)c1ccc(CC(N)C=NCCCCCCN)cc1.Cl.Cl. The van der Waals surface area contributed by atoms with Crippen LogP contribution in [0.25, 0.3) is 0 Å². The molecule has 0 aliphatic rings. The number of nitrogens with zero attached hydrogens (tertiary/aromatic N) is 1. The van der Waals surface area contributed by atoms with Crippen molar-refractivity contribution in [3.8, 4) is 0 Å². The third-order valence-electron chi connectivity index (χ3n) is 3.83. The molecule has 0 radical (unpaired) electrons. The molecule has 140 valence electrons. The lowest BCUT2D eigenvalue weighted by molar-refractivity contribution is 0.590. The number of hydrogen-bond donors (Lipinski definition) is 2. The second-order valence-corrected chi connectivity index (χ2v) is 7.07. The first-order chi connectivity index (χ1) is 10.4. The van der Waals surface area contributed by atoms with E-state index in [0.717, 1.165) is 32.4 Å². The van der Waals surface area contributed by atoms with Gasteiger partial charge >= 0.3 is 0 Å². The van der Waals surface area contributed by atoms with Crippen LogP contribution in [0.2, 0.25) is 0 Å². The van der Waals surface area contributed by atoms with Crippen molar-refractivity contribution in [2.45, 2.75) is 64.3 Å². The molecule has 0 heterocycles. The highest BCUT2D eigenvalue weighted by atomic mass is 35.5. The van der Waals surface area contributed by atoms with Crippen molar-refractivity contribution < 1.29 is 0 Å². The number of benzene rings is 1. The van der Waals surface area contributed by atoms with Gasteiger partial charge in [-0.3, -0.25) is 4.99 Å². The third kappa shape index (κ3) is 11.0. The third-order valence-corrected chi connectivity index (χ3v) is 3.83. The van der Waals surface area contributed by atoms with Crippen molar-refractivity contribution in [2.24, 2.45) is 16.5 Å². The summed E-state index contributed by atoms with van der Waals surface area (Å²) in [6.45, 7) is 8.36. The Morgan fingerprint density at radius 2 is 1.58 bits per heavy atom. The van der Waals surface area contributed by atoms with Gasteiger partial charge in [-0.15, -0.1) is 24.8 Å². The van der Waals surface area contributed by atoms with Crippen LogP contribution in [0, 0.1) is 0 Å². The Morgan fingerprint density at radius 1 is 1.00 bits per heavy atom. The molecule has 0 amide bonds. The van der Waals surface area contributed by atoms with Crippen LogP contribution in [0.4, 0.5) is 0 Å². The molecule has 4 N–H and O–H groups in total. The second kappa shape index (κ2) is 13.7. The van der Waals surface area contributed by atoms with Crippen molar-refractivity contribution in [1.82, 2.24) is 0 Å². The van der Waals surface area contributed by atoms with Gasteiger partial charge in [0, 0.05) is 18.8 Å². The fraction of sp³-hybridized carbons (Fsp3) is 0.632. The van der Waals surface area contributed by atoms with Crippen molar-refractivity contribution in [2.75, 3.05) is 13.1 Å². The number of nitrogens with two attached hydrogens (primary N) is 2. The topological polar surface area (TPSA) is 64.4 Å². The molecule has 1 aromatic carbocycles. The summed E-state index contributed by atoms with van der Waals surface area (Å²) in [5.74, 6) is 0. The van der Waals surface area contributed by atoms with Crippen LogP contribution in [0.15, 0.2) is 29.3 Å². The first-order valence-corrected chi connectivity index (χ1v) is 8.48. The Kier molecular flexibility index (Phi) is 14.6. The van der Waals surface area contributed by atoms with Gasteiger partial charge in [-0.05, 0) is 42.3 Å². The van der Waals surface area contributed by atoms with E-state index < -0.39 is 0 Å². The summed E-state index contributed by atoms with van der Waals surface area (Å²) in [6.07, 6.45) is 7.41. The number of aliphatic imine (C=N–C) groups is 1. The van der Waals surface area contributed by atoms with Crippen LogP contribution in [0.5, 0.6) is 0 Å². The maximum absolute atomic E-state index is 6.13. The molecular formula is C19H35Cl2N3. The molecule has 5 heteroatoms. The van der Waals surface area contributed by atoms with E-state index in [0.29, 0.717) is 0 Å². The lowest BCUT2D eigenvalue weighted by Crippen LogP contribution is -2.24. The Balaban J connectivity index is 0. The molecule has 0 aliphatic carbocycles. The number of unbranched alkanes of at least 4 members (excludes halogenated alkanes) is 3. The predicted molar refractivity (Wildman–Crippen MR) is 112 cm³/mol. The van der Waals surface area contributed by atoms with Gasteiger partial charge in [0.2, 0.25) is 0 Å². The lowest BCUT2D eigenvalue weighted by atomic mass is 9.86. The van der Waals surface area contributed by atoms with E-state index in [9.17, 15) is 0 Å². The highest BCUT2D eigenvalue weighted by Crippen LogP contribution is 2.22. The standard InChI is InChI=1S/C19H33N3.2ClH/c1-19(2,3)17-10-8-16(9-11-17)14-18(21)15-22-13-7-5-4-6-12-20;;/h8-11,15,18H,4-7,12-14,20-21H2,1-3H3;2*1H. The van der Waals surface area contributed by atoms with Crippen LogP contribution >= 0.6 is 24.8 Å². The van der Waals surface area contributed by atoms with Crippen LogP contribution in [0.3, 0.4) is 0 Å². The fourth-order valence-electron chi connectivity index (χ4n) is 2.38. The van der Waals surface area contributed by atoms with E-state index >= 15 is 0 Å². The molecule has 0 aromatic heterocycles. The molecule has 1 rings (SSSR count). The van der Waals surface area contributed by atoms with Crippen molar-refractivity contribution in [3.05, 3.63) is 35.4 Å². The first-order valence-electron chi connectivity index (χ1n) is 8.48. The minimum Gasteiger partial charge on any atom is -0.330 e. The molecule has 0 saturated heterocycles. The summed E-state index contributed by atoms with van der Waals surface area (Å²) in [7, 11) is 0. The van der Waals surface area contributed by atoms with E-state index in [1.165, 1.54) is 24.0 Å². The van der Waals surface area contributed by atoms with Crippen LogP contribution in [0.1, 0.15) is 57.6 Å². The molecule has 0 aliphatic heterocycles. The average Bonchev–Trinajstić information content (AvgIpc) is 2.46. The summed E-state index contributed by atoms with van der Waals surface area (Å²) in [5.41, 5.74) is 14.4. The average molecular weight is 376 g/mol. The Bertz CT molecular complexity index is 439. The minimum atomic E-state index is 0. The first kappa shape index (κ1) is 25.6. The normalized spacial score (nSPS) is 12.5. The Hall–Kier alpha value is -0.610. The van der Waals surface area contributed by atoms with Gasteiger partial charge < -0.3 is 11.5 Å². The lowest BCUT2D eigenvalue weighted by Gasteiger charge is -2.19. The van der Waals surface area contributed by atoms with Gasteiger partial charge in [0.05, 0.1) is 0 Å². The maximum atomic E-state index is 6.13. The molecule has 0 bridgehead atoms. The van der Waals surface area contributed by atoms with E-state index in [1.807, 2.05) is 6.21 Å². The molecule has 3 nitrogen and oxygen atoms in total. The summed E-state index contributed by atoms with van der Waals surface area (Å²) in [4.78, 5) is 4.44. The highest BCUT2D eigenvalue weighted by molar-refractivity contribution is 5.85. The van der Waals surface area contributed by atoms with Gasteiger partial charge in [0.15, 0.2) is 0 Å². The zero-order chi connectivity index (χ0) is 16.4. The molecule has 1 atom stereocenters. The van der Waals surface area contributed by atoms with Crippen LogP contribution in [-0.4, -0.2) is 25.3 Å². The summed E-state index contributed by atoms with van der Waals surface area (Å²) in [5, 5.41) is 0. The van der Waals surface area contributed by atoms with Crippen LogP contribution < -0.4 is 11.5 Å². The molecular weight excluding hydrogens is 341 g/mol. The van der Waals surface area contributed by atoms with Crippen LogP contribution in [-0.2, 0) is 11.8 Å². The van der Waals surface area contributed by atoms with E-state index in [1.54, 1.807) is 0 Å². The summed E-state index contributed by atoms with van der Waals surface area (Å²) >= 11 is 0. The Labute approximate surface area is 160 Å². The van der Waals surface area contributed by atoms with E-state index in [4.69, 9.17) is 11.5 Å². The molecule has 1 aromatic rings. The highest BCUT2D eigenvalue weighted by Gasteiger charge is 2.13. The van der Waals surface area contributed by atoms with Crippen molar-refractivity contribution >= 4 is 31.0 Å². The number of rotatable bonds is 9. The zero-order valence-corrected chi connectivity index (χ0v) is 17.0. The maximum Gasteiger partial charge on any atom is 0.0435 e. The largest absolute Gasteiger partial charge is 0.330 e. The van der Waals surface area contributed by atoms with Gasteiger partial charge in [0.1, 0.15) is 0 Å².